The molecule has 2 rings (SSSR count). The number of aromatic nitrogens is 2. The van der Waals surface area contributed by atoms with Crippen molar-refractivity contribution < 1.29 is 19.2 Å². The highest BCUT2D eigenvalue weighted by Crippen LogP contribution is 2.10. The van der Waals surface area contributed by atoms with Gasteiger partial charge < -0.3 is 21.3 Å². The monoisotopic (exact) mass is 580 g/mol. The minimum absolute atomic E-state index is 0.0285. The van der Waals surface area contributed by atoms with E-state index in [9.17, 15) is 19.2 Å². The average molecular weight is 581 g/mol. The molecule has 0 aromatic carbocycles. The molecule has 4 amide bonds. The number of pyridine rings is 2. The lowest BCUT2D eigenvalue weighted by Crippen LogP contribution is -2.49. The zero-order chi connectivity index (χ0) is 30.7. The van der Waals surface area contributed by atoms with Gasteiger partial charge in [0.05, 0.1) is 0 Å². The van der Waals surface area contributed by atoms with E-state index < -0.39 is 12.1 Å². The van der Waals surface area contributed by atoms with Gasteiger partial charge in [0.15, 0.2) is 0 Å². The van der Waals surface area contributed by atoms with E-state index in [1.165, 1.54) is 0 Å². The molecule has 0 aliphatic carbocycles. The Labute approximate surface area is 250 Å². The van der Waals surface area contributed by atoms with Crippen LogP contribution in [0.3, 0.4) is 0 Å². The number of carbonyl (C=O) groups is 4. The third-order valence-electron chi connectivity index (χ3n) is 7.06. The van der Waals surface area contributed by atoms with Gasteiger partial charge in [-0.05, 0) is 48.9 Å². The molecule has 0 aliphatic rings. The molecule has 10 nitrogen and oxygen atoms in total. The second kappa shape index (κ2) is 19.3. The molecule has 0 aliphatic heterocycles. The fourth-order valence-electron chi connectivity index (χ4n) is 4.48. The standard InChI is InChI=1S/C32H48N6O4/c1-23(2)27(37-29(39)25-13-19-33-20-14-25)31(41)35-17-11-9-7-5-6-8-10-12-18-36-32(42)28(24(3)4)38-30(40)26-15-21-34-22-16-26/h13-16,19-24,27-28H,5-12,17-18H2,1-4H3,(H,35,41)(H,36,42)(H,37,39)(H,38,40)/t27-,28-/m0/s1. The van der Waals surface area contributed by atoms with E-state index in [2.05, 4.69) is 31.2 Å². The van der Waals surface area contributed by atoms with E-state index in [1.807, 2.05) is 27.7 Å². The molecule has 0 saturated heterocycles. The average Bonchev–Trinajstić information content (AvgIpc) is 2.99. The first-order valence-electron chi connectivity index (χ1n) is 15.2. The minimum atomic E-state index is -0.586. The van der Waals surface area contributed by atoms with Crippen molar-refractivity contribution in [1.29, 1.82) is 0 Å². The smallest absolute Gasteiger partial charge is 0.252 e. The molecule has 0 fully saturated rings. The fourth-order valence-corrected chi connectivity index (χ4v) is 4.48. The summed E-state index contributed by atoms with van der Waals surface area (Å²) >= 11 is 0. The minimum Gasteiger partial charge on any atom is -0.354 e. The van der Waals surface area contributed by atoms with Crippen LogP contribution in [-0.2, 0) is 9.59 Å². The lowest BCUT2D eigenvalue weighted by Gasteiger charge is -2.21. The van der Waals surface area contributed by atoms with Crippen LogP contribution in [-0.4, -0.2) is 58.8 Å². The zero-order valence-electron chi connectivity index (χ0n) is 25.5. The molecule has 0 spiro atoms. The van der Waals surface area contributed by atoms with Crippen LogP contribution in [0.1, 0.15) is 99.8 Å². The van der Waals surface area contributed by atoms with Crippen molar-refractivity contribution in [2.24, 2.45) is 11.8 Å². The summed E-state index contributed by atoms with van der Waals surface area (Å²) in [4.78, 5) is 58.0. The number of hydrogen-bond acceptors (Lipinski definition) is 6. The number of unbranched alkanes of at least 4 members (excludes halogenated alkanes) is 7. The maximum atomic E-state index is 12.6. The van der Waals surface area contributed by atoms with Gasteiger partial charge in [-0.3, -0.25) is 29.1 Å². The maximum Gasteiger partial charge on any atom is 0.252 e. The van der Waals surface area contributed by atoms with Crippen molar-refractivity contribution in [1.82, 2.24) is 31.2 Å². The van der Waals surface area contributed by atoms with Crippen molar-refractivity contribution >= 4 is 23.6 Å². The fraction of sp³-hybridized carbons (Fsp3) is 0.562. The quantitative estimate of drug-likeness (QED) is 0.185. The predicted molar refractivity (Wildman–Crippen MR) is 164 cm³/mol. The Morgan fingerprint density at radius 2 is 0.857 bits per heavy atom. The van der Waals surface area contributed by atoms with Gasteiger partial charge in [-0.15, -0.1) is 0 Å². The summed E-state index contributed by atoms with van der Waals surface area (Å²) in [5.41, 5.74) is 0.964. The van der Waals surface area contributed by atoms with Crippen LogP contribution in [0.25, 0.3) is 0 Å². The molecule has 2 heterocycles. The van der Waals surface area contributed by atoms with Gasteiger partial charge in [0.2, 0.25) is 11.8 Å². The number of amides is 4. The first kappa shape index (κ1) is 34.4. The maximum absolute atomic E-state index is 12.6. The van der Waals surface area contributed by atoms with Crippen molar-refractivity contribution in [3.8, 4) is 0 Å². The van der Waals surface area contributed by atoms with Gasteiger partial charge in [-0.25, -0.2) is 0 Å². The Morgan fingerprint density at radius 3 is 1.17 bits per heavy atom. The topological polar surface area (TPSA) is 142 Å². The molecule has 230 valence electrons. The van der Waals surface area contributed by atoms with Gasteiger partial charge >= 0.3 is 0 Å². The van der Waals surface area contributed by atoms with E-state index in [4.69, 9.17) is 0 Å². The highest BCUT2D eigenvalue weighted by Gasteiger charge is 2.25. The van der Waals surface area contributed by atoms with Crippen molar-refractivity contribution in [3.63, 3.8) is 0 Å². The summed E-state index contributed by atoms with van der Waals surface area (Å²) in [6, 6.07) is 5.33. The van der Waals surface area contributed by atoms with Gasteiger partial charge in [-0.1, -0.05) is 66.2 Å². The van der Waals surface area contributed by atoms with Crippen LogP contribution >= 0.6 is 0 Å². The summed E-state index contributed by atoms with van der Waals surface area (Å²) in [6.45, 7) is 8.84. The number of nitrogens with zero attached hydrogens (tertiary/aromatic N) is 2. The summed E-state index contributed by atoms with van der Waals surface area (Å²) in [7, 11) is 0. The first-order valence-corrected chi connectivity index (χ1v) is 15.2. The molecular weight excluding hydrogens is 532 g/mol. The summed E-state index contributed by atoms with van der Waals surface area (Å²) in [5, 5.41) is 11.6. The van der Waals surface area contributed by atoms with Gasteiger partial charge in [-0.2, -0.15) is 0 Å². The number of carbonyl (C=O) groups excluding carboxylic acids is 4. The molecule has 0 unspecified atom stereocenters. The molecule has 10 heteroatoms. The predicted octanol–water partition coefficient (Wildman–Crippen LogP) is 4.04. The van der Waals surface area contributed by atoms with E-state index in [0.717, 1.165) is 51.4 Å². The van der Waals surface area contributed by atoms with Crippen molar-refractivity contribution in [2.75, 3.05) is 13.1 Å². The van der Waals surface area contributed by atoms with E-state index in [1.54, 1.807) is 49.1 Å². The lowest BCUT2D eigenvalue weighted by molar-refractivity contribution is -0.124. The second-order valence-corrected chi connectivity index (χ2v) is 11.3. The number of hydrogen-bond donors (Lipinski definition) is 4. The Balaban J connectivity index is 1.51. The normalized spacial score (nSPS) is 12.4. The van der Waals surface area contributed by atoms with Crippen molar-refractivity contribution in [3.05, 3.63) is 60.2 Å². The third-order valence-corrected chi connectivity index (χ3v) is 7.06. The lowest BCUT2D eigenvalue weighted by atomic mass is 10.0. The van der Waals surface area contributed by atoms with Crippen LogP contribution in [0.5, 0.6) is 0 Å². The second-order valence-electron chi connectivity index (χ2n) is 11.3. The third kappa shape index (κ3) is 12.8. The van der Waals surface area contributed by atoms with Gasteiger partial charge in [0, 0.05) is 49.0 Å². The molecule has 2 atom stereocenters. The molecule has 2 aromatic heterocycles. The van der Waals surface area contributed by atoms with Crippen LogP contribution in [0.4, 0.5) is 0 Å². The molecule has 4 N–H and O–H groups in total. The Bertz CT molecular complexity index is 1010. The highest BCUT2D eigenvalue weighted by atomic mass is 16.2. The molecule has 0 bridgehead atoms. The molecule has 0 saturated carbocycles. The summed E-state index contributed by atoms with van der Waals surface area (Å²) < 4.78 is 0. The molecule has 0 radical (unpaired) electrons. The first-order chi connectivity index (χ1) is 20.2. The summed E-state index contributed by atoms with van der Waals surface area (Å²) in [6.07, 6.45) is 14.6. The largest absolute Gasteiger partial charge is 0.354 e. The van der Waals surface area contributed by atoms with E-state index in [-0.39, 0.29) is 35.5 Å². The van der Waals surface area contributed by atoms with Crippen LogP contribution in [0, 0.1) is 11.8 Å². The Kier molecular flexibility index (Phi) is 15.8. The molecule has 2 aromatic rings. The molecular formula is C32H48N6O4. The van der Waals surface area contributed by atoms with Gasteiger partial charge in [0.25, 0.3) is 11.8 Å². The summed E-state index contributed by atoms with van der Waals surface area (Å²) in [5.74, 6) is -0.929. The van der Waals surface area contributed by atoms with Gasteiger partial charge in [0.1, 0.15) is 12.1 Å². The molecule has 42 heavy (non-hydrogen) atoms. The Morgan fingerprint density at radius 1 is 0.548 bits per heavy atom. The van der Waals surface area contributed by atoms with Crippen LogP contribution in [0.15, 0.2) is 49.1 Å². The van der Waals surface area contributed by atoms with Crippen LogP contribution in [0.2, 0.25) is 0 Å². The van der Waals surface area contributed by atoms with E-state index in [0.29, 0.717) is 24.2 Å². The van der Waals surface area contributed by atoms with Crippen LogP contribution < -0.4 is 21.3 Å². The number of nitrogens with one attached hydrogen (secondary N) is 4. The zero-order valence-corrected chi connectivity index (χ0v) is 25.5. The number of rotatable bonds is 19. The van der Waals surface area contributed by atoms with Crippen molar-refractivity contribution in [2.45, 2.75) is 91.1 Å². The van der Waals surface area contributed by atoms with E-state index >= 15 is 0 Å². The Hall–Kier alpha value is -3.82. The highest BCUT2D eigenvalue weighted by molar-refractivity contribution is 5.98. The SMILES string of the molecule is CC(C)[C@H](NC(=O)c1ccncc1)C(=O)NCCCCCCCCCCNC(=O)[C@@H](NC(=O)c1ccncc1)C(C)C.